The summed E-state index contributed by atoms with van der Waals surface area (Å²) in [5, 5.41) is 0. The molecule has 2 heteroatoms. The second-order valence-corrected chi connectivity index (χ2v) is 25.2. The lowest BCUT2D eigenvalue weighted by atomic mass is 9.67. The summed E-state index contributed by atoms with van der Waals surface area (Å²) in [6.07, 6.45) is 0. The molecule has 0 atom stereocenters. The smallest absolute Gasteiger partial charge is 0.0713 e. The molecule has 0 amide bonds. The summed E-state index contributed by atoms with van der Waals surface area (Å²) in [6.45, 7) is 36.4. The molecular formula is C74H78N2. The number of anilines is 6. The molecule has 0 radical (unpaired) electrons. The first-order chi connectivity index (χ1) is 35.9. The minimum absolute atomic E-state index is 0.0109. The Morgan fingerprint density at radius 3 is 0.921 bits per heavy atom. The predicted molar refractivity (Wildman–Crippen MR) is 328 cm³/mol. The van der Waals surface area contributed by atoms with Gasteiger partial charge in [0.25, 0.3) is 0 Å². The van der Waals surface area contributed by atoms with Crippen molar-refractivity contribution in [3.05, 3.63) is 260 Å². The number of fused-ring (bicyclic) bond motifs is 3. The highest BCUT2D eigenvalue weighted by Gasteiger charge is 2.46. The van der Waals surface area contributed by atoms with E-state index in [1.807, 2.05) is 0 Å². The molecule has 9 aromatic rings. The monoisotopic (exact) mass is 995 g/mol. The van der Waals surface area contributed by atoms with E-state index < -0.39 is 5.41 Å². The first kappa shape index (κ1) is 52.0. The summed E-state index contributed by atoms with van der Waals surface area (Å²) in [5.74, 6) is 0. The highest BCUT2D eigenvalue weighted by Crippen LogP contribution is 2.57. The number of benzene rings is 9. The molecule has 0 spiro atoms. The summed E-state index contributed by atoms with van der Waals surface area (Å²) in [6, 6.07) is 70.0. The second-order valence-electron chi connectivity index (χ2n) is 25.2. The zero-order valence-corrected chi connectivity index (χ0v) is 48.2. The molecule has 0 N–H and O–H groups in total. The molecule has 384 valence electrons. The standard InChI is InChI=1S/C74H78N2/c1-47-17-25-57(26-18-47)74(67-41-48(2)19-39-65(67)66-40-20-49(3)42-68(66)74)58-29-33-62(34-30-58)76(70-52(6)45-60(46-53(70)7)73(14,15)16)64-37-35-63(36-38-64)75(69-50(4)43-59(44-51(69)5)72(11,12)13)61-31-23-55(24-32-61)54-21-27-56(28-22-54)71(8,9)10/h17-46H,1-16H3. The average molecular weight is 995 g/mol. The van der Waals surface area contributed by atoms with E-state index in [9.17, 15) is 0 Å². The SMILES string of the molecule is Cc1ccc(C2(c3ccc(N(c4ccc(N(c5ccc(-c6ccc(C(C)(C)C)cc6)cc5)c5c(C)cc(C(C)(C)C)cc5C)cc4)c4c(C)cc(C(C)(C)C)cc4C)cc3)c3cc(C)ccc3-c3ccc(C)cc32)cc1. The van der Waals surface area contributed by atoms with E-state index in [1.165, 1.54) is 112 Å². The zero-order chi connectivity index (χ0) is 54.2. The minimum atomic E-state index is -0.499. The van der Waals surface area contributed by atoms with Crippen LogP contribution >= 0.6 is 0 Å². The zero-order valence-electron chi connectivity index (χ0n) is 48.2. The first-order valence-corrected chi connectivity index (χ1v) is 27.5. The Kier molecular flexibility index (Phi) is 13.2. The van der Waals surface area contributed by atoms with Crippen molar-refractivity contribution < 1.29 is 0 Å². The molecule has 0 saturated heterocycles. The van der Waals surface area contributed by atoms with Gasteiger partial charge in [0.05, 0.1) is 16.8 Å². The van der Waals surface area contributed by atoms with Crippen molar-refractivity contribution in [3.63, 3.8) is 0 Å². The Hall–Kier alpha value is -7.42. The Balaban J connectivity index is 1.13. The highest BCUT2D eigenvalue weighted by molar-refractivity contribution is 5.89. The van der Waals surface area contributed by atoms with E-state index in [-0.39, 0.29) is 16.2 Å². The molecule has 1 aliphatic carbocycles. The summed E-state index contributed by atoms with van der Waals surface area (Å²) in [4.78, 5) is 4.96. The fraction of sp³-hybridized carbons (Fsp3) is 0.270. The number of hydrogen-bond acceptors (Lipinski definition) is 2. The topological polar surface area (TPSA) is 6.48 Å². The fourth-order valence-corrected chi connectivity index (χ4v) is 12.0. The molecule has 0 unspecified atom stereocenters. The molecule has 0 bridgehead atoms. The van der Waals surface area contributed by atoms with Gasteiger partial charge < -0.3 is 9.80 Å². The van der Waals surface area contributed by atoms with E-state index in [1.54, 1.807) is 0 Å². The Labute approximate surface area is 456 Å². The fourth-order valence-electron chi connectivity index (χ4n) is 12.0. The number of nitrogens with zero attached hydrogens (tertiary/aromatic N) is 2. The average Bonchev–Trinajstić information content (AvgIpc) is 3.77. The predicted octanol–water partition coefficient (Wildman–Crippen LogP) is 20.7. The molecule has 10 rings (SSSR count). The summed E-state index contributed by atoms with van der Waals surface area (Å²) < 4.78 is 0. The van der Waals surface area contributed by atoms with Gasteiger partial charge in [-0.1, -0.05) is 212 Å². The lowest BCUT2D eigenvalue weighted by Crippen LogP contribution is -2.29. The molecule has 1 aliphatic rings. The maximum atomic E-state index is 2.49. The molecule has 2 nitrogen and oxygen atoms in total. The van der Waals surface area contributed by atoms with Crippen LogP contribution in [0.3, 0.4) is 0 Å². The normalized spacial score (nSPS) is 13.1. The molecule has 9 aromatic carbocycles. The second kappa shape index (κ2) is 19.3. The third-order valence-corrected chi connectivity index (χ3v) is 16.2. The van der Waals surface area contributed by atoms with E-state index in [2.05, 4.69) is 303 Å². The summed E-state index contributed by atoms with van der Waals surface area (Å²) in [5.41, 5.74) is 29.6. The van der Waals surface area contributed by atoms with E-state index >= 15 is 0 Å². The van der Waals surface area contributed by atoms with Gasteiger partial charge in [-0.2, -0.15) is 0 Å². The Bertz CT molecular complexity index is 3510. The van der Waals surface area contributed by atoms with E-state index in [0.29, 0.717) is 0 Å². The molecule has 0 aliphatic heterocycles. The van der Waals surface area contributed by atoms with Crippen LogP contribution in [0.15, 0.2) is 182 Å². The Morgan fingerprint density at radius 1 is 0.289 bits per heavy atom. The molecule has 0 saturated carbocycles. The summed E-state index contributed by atoms with van der Waals surface area (Å²) in [7, 11) is 0. The van der Waals surface area contributed by atoms with Crippen molar-refractivity contribution in [1.82, 2.24) is 0 Å². The van der Waals surface area contributed by atoms with E-state index in [0.717, 1.165) is 22.7 Å². The van der Waals surface area contributed by atoms with Gasteiger partial charge in [-0.05, 0) is 197 Å². The van der Waals surface area contributed by atoms with Crippen molar-refractivity contribution in [1.29, 1.82) is 0 Å². The van der Waals surface area contributed by atoms with Gasteiger partial charge in [0, 0.05) is 22.7 Å². The van der Waals surface area contributed by atoms with Crippen molar-refractivity contribution in [2.75, 3.05) is 9.80 Å². The van der Waals surface area contributed by atoms with E-state index in [4.69, 9.17) is 0 Å². The van der Waals surface area contributed by atoms with Crippen molar-refractivity contribution >= 4 is 34.1 Å². The van der Waals surface area contributed by atoms with Crippen molar-refractivity contribution in [3.8, 4) is 22.3 Å². The quantitative estimate of drug-likeness (QED) is 0.142. The summed E-state index contributed by atoms with van der Waals surface area (Å²) >= 11 is 0. The van der Waals surface area contributed by atoms with Crippen LogP contribution in [0.5, 0.6) is 0 Å². The van der Waals surface area contributed by atoms with Crippen LogP contribution in [-0.4, -0.2) is 0 Å². The van der Waals surface area contributed by atoms with Crippen LogP contribution in [0.1, 0.15) is 140 Å². The number of rotatable bonds is 9. The molecule has 76 heavy (non-hydrogen) atoms. The van der Waals surface area contributed by atoms with Gasteiger partial charge in [-0.25, -0.2) is 0 Å². The third-order valence-electron chi connectivity index (χ3n) is 16.2. The van der Waals surface area contributed by atoms with Gasteiger partial charge in [-0.15, -0.1) is 0 Å². The molecular weight excluding hydrogens is 917 g/mol. The van der Waals surface area contributed by atoms with Crippen molar-refractivity contribution in [2.45, 2.75) is 132 Å². The van der Waals surface area contributed by atoms with Gasteiger partial charge in [0.15, 0.2) is 0 Å². The van der Waals surface area contributed by atoms with Gasteiger partial charge >= 0.3 is 0 Å². The minimum Gasteiger partial charge on any atom is -0.310 e. The van der Waals surface area contributed by atoms with Gasteiger partial charge in [0.2, 0.25) is 0 Å². The first-order valence-electron chi connectivity index (χ1n) is 27.5. The molecule has 0 heterocycles. The third kappa shape index (κ3) is 9.40. The number of hydrogen-bond donors (Lipinski definition) is 0. The Morgan fingerprint density at radius 2 is 0.579 bits per heavy atom. The van der Waals surface area contributed by atoms with Gasteiger partial charge in [-0.3, -0.25) is 0 Å². The van der Waals surface area contributed by atoms with Crippen LogP contribution in [-0.2, 0) is 21.7 Å². The maximum absolute atomic E-state index is 2.49. The van der Waals surface area contributed by atoms with Crippen LogP contribution in [0.2, 0.25) is 0 Å². The lowest BCUT2D eigenvalue weighted by Gasteiger charge is -2.35. The van der Waals surface area contributed by atoms with Crippen LogP contribution < -0.4 is 9.80 Å². The van der Waals surface area contributed by atoms with Crippen LogP contribution in [0.25, 0.3) is 22.3 Å². The van der Waals surface area contributed by atoms with Crippen molar-refractivity contribution in [2.24, 2.45) is 0 Å². The highest BCUT2D eigenvalue weighted by atomic mass is 15.2. The molecule has 0 fully saturated rings. The molecule has 0 aromatic heterocycles. The van der Waals surface area contributed by atoms with Crippen LogP contribution in [0.4, 0.5) is 34.1 Å². The maximum Gasteiger partial charge on any atom is 0.0713 e. The van der Waals surface area contributed by atoms with Gasteiger partial charge in [0.1, 0.15) is 0 Å². The largest absolute Gasteiger partial charge is 0.310 e. The van der Waals surface area contributed by atoms with Crippen LogP contribution in [0, 0.1) is 48.5 Å². The lowest BCUT2D eigenvalue weighted by molar-refractivity contribution is 0.589. The number of aryl methyl sites for hydroxylation is 7.